The first-order valence-electron chi connectivity index (χ1n) is 7.54. The highest BCUT2D eigenvalue weighted by Crippen LogP contribution is 2.48. The van der Waals surface area contributed by atoms with Gasteiger partial charge in [-0.2, -0.15) is 0 Å². The van der Waals surface area contributed by atoms with Gasteiger partial charge in [0.1, 0.15) is 0 Å². The number of hydrogen-bond donors (Lipinski definition) is 1. The fraction of sp³-hybridized carbons (Fsp3) is 0.688. The van der Waals surface area contributed by atoms with Gasteiger partial charge in [0.2, 0.25) is 0 Å². The standard InChI is InChI=1S/C16H24N2/c1-2-9-17-11-13-6-7-14(13)15-8-5-12-4-3-10-18-16(12)15/h3-4,10,13-15,17H,2,5-9,11H2,1H3. The maximum absolute atomic E-state index is 4.65. The monoisotopic (exact) mass is 244 g/mol. The molecule has 2 heteroatoms. The molecule has 1 aromatic rings. The van der Waals surface area contributed by atoms with Crippen LogP contribution in [-0.4, -0.2) is 18.1 Å². The van der Waals surface area contributed by atoms with Crippen LogP contribution in [0.3, 0.4) is 0 Å². The molecular formula is C16H24N2. The van der Waals surface area contributed by atoms with Gasteiger partial charge in [-0.15, -0.1) is 0 Å². The van der Waals surface area contributed by atoms with E-state index in [9.17, 15) is 0 Å². The topological polar surface area (TPSA) is 24.9 Å². The van der Waals surface area contributed by atoms with E-state index in [1.165, 1.54) is 56.5 Å². The molecular weight excluding hydrogens is 220 g/mol. The molecule has 3 rings (SSSR count). The van der Waals surface area contributed by atoms with Crippen molar-refractivity contribution in [1.29, 1.82) is 0 Å². The molecule has 1 fully saturated rings. The van der Waals surface area contributed by atoms with Crippen molar-refractivity contribution in [1.82, 2.24) is 10.3 Å². The Labute approximate surface area is 110 Å². The molecule has 98 valence electrons. The maximum Gasteiger partial charge on any atom is 0.0469 e. The summed E-state index contributed by atoms with van der Waals surface area (Å²) in [6, 6.07) is 4.35. The van der Waals surface area contributed by atoms with Crippen molar-refractivity contribution in [3.63, 3.8) is 0 Å². The number of aryl methyl sites for hydroxylation is 1. The summed E-state index contributed by atoms with van der Waals surface area (Å²) in [5.41, 5.74) is 2.93. The number of nitrogens with one attached hydrogen (secondary N) is 1. The molecule has 1 saturated carbocycles. The molecule has 0 aromatic carbocycles. The molecule has 0 spiro atoms. The summed E-state index contributed by atoms with van der Waals surface area (Å²) in [5.74, 6) is 2.54. The van der Waals surface area contributed by atoms with E-state index in [2.05, 4.69) is 29.4 Å². The van der Waals surface area contributed by atoms with Gasteiger partial charge < -0.3 is 5.32 Å². The lowest BCUT2D eigenvalue weighted by molar-refractivity contribution is 0.136. The minimum atomic E-state index is 0.753. The van der Waals surface area contributed by atoms with E-state index in [-0.39, 0.29) is 0 Å². The second-order valence-corrected chi connectivity index (χ2v) is 5.90. The first kappa shape index (κ1) is 12.2. The number of hydrogen-bond acceptors (Lipinski definition) is 2. The quantitative estimate of drug-likeness (QED) is 0.805. The summed E-state index contributed by atoms with van der Waals surface area (Å²) in [6.45, 7) is 4.63. The third kappa shape index (κ3) is 2.18. The lowest BCUT2D eigenvalue weighted by Gasteiger charge is -2.41. The number of pyridine rings is 1. The van der Waals surface area contributed by atoms with Crippen LogP contribution in [0.5, 0.6) is 0 Å². The molecule has 1 N–H and O–H groups in total. The van der Waals surface area contributed by atoms with E-state index in [1.807, 2.05) is 6.20 Å². The predicted molar refractivity (Wildman–Crippen MR) is 74.7 cm³/mol. The zero-order valence-corrected chi connectivity index (χ0v) is 11.4. The molecule has 0 bridgehead atoms. The Balaban J connectivity index is 1.63. The minimum Gasteiger partial charge on any atom is -0.316 e. The summed E-state index contributed by atoms with van der Waals surface area (Å²) >= 11 is 0. The van der Waals surface area contributed by atoms with Gasteiger partial charge in [-0.25, -0.2) is 0 Å². The van der Waals surface area contributed by atoms with Crippen molar-refractivity contribution in [2.45, 2.75) is 44.9 Å². The zero-order chi connectivity index (χ0) is 12.4. The highest BCUT2D eigenvalue weighted by molar-refractivity contribution is 5.29. The number of rotatable bonds is 5. The van der Waals surface area contributed by atoms with Crippen molar-refractivity contribution in [3.8, 4) is 0 Å². The van der Waals surface area contributed by atoms with Crippen molar-refractivity contribution in [3.05, 3.63) is 29.6 Å². The lowest BCUT2D eigenvalue weighted by Crippen LogP contribution is -2.38. The molecule has 3 atom stereocenters. The largest absolute Gasteiger partial charge is 0.316 e. The molecule has 18 heavy (non-hydrogen) atoms. The third-order valence-corrected chi connectivity index (χ3v) is 4.83. The summed E-state index contributed by atoms with van der Waals surface area (Å²) in [5, 5.41) is 3.59. The van der Waals surface area contributed by atoms with Crippen LogP contribution in [0.2, 0.25) is 0 Å². The SMILES string of the molecule is CCCNCC1CCC1C1CCc2cccnc21. The van der Waals surface area contributed by atoms with Gasteiger partial charge in [-0.3, -0.25) is 4.98 Å². The Morgan fingerprint density at radius 1 is 1.33 bits per heavy atom. The van der Waals surface area contributed by atoms with Crippen LogP contribution >= 0.6 is 0 Å². The third-order valence-electron chi connectivity index (χ3n) is 4.83. The summed E-state index contributed by atoms with van der Waals surface area (Å²) in [7, 11) is 0. The Morgan fingerprint density at radius 3 is 3.06 bits per heavy atom. The Kier molecular flexibility index (Phi) is 3.64. The van der Waals surface area contributed by atoms with Crippen LogP contribution in [0.15, 0.2) is 18.3 Å². The van der Waals surface area contributed by atoms with Gasteiger partial charge in [-0.05, 0) is 68.7 Å². The normalized spacial score (nSPS) is 29.9. The van der Waals surface area contributed by atoms with Crippen LogP contribution < -0.4 is 5.32 Å². The van der Waals surface area contributed by atoms with E-state index in [0.29, 0.717) is 0 Å². The average molecular weight is 244 g/mol. The molecule has 3 unspecified atom stereocenters. The molecule has 0 aliphatic heterocycles. The van der Waals surface area contributed by atoms with Crippen LogP contribution in [0.4, 0.5) is 0 Å². The molecule has 2 aliphatic rings. The van der Waals surface area contributed by atoms with Gasteiger partial charge in [0.25, 0.3) is 0 Å². The first-order valence-corrected chi connectivity index (χ1v) is 7.54. The molecule has 2 aliphatic carbocycles. The number of nitrogens with zero attached hydrogens (tertiary/aromatic N) is 1. The fourth-order valence-corrected chi connectivity index (χ4v) is 3.70. The van der Waals surface area contributed by atoms with E-state index < -0.39 is 0 Å². The average Bonchev–Trinajstić information content (AvgIpc) is 2.78. The van der Waals surface area contributed by atoms with Gasteiger partial charge in [0.15, 0.2) is 0 Å². The molecule has 1 aromatic heterocycles. The van der Waals surface area contributed by atoms with Crippen LogP contribution in [0.1, 0.15) is 49.8 Å². The van der Waals surface area contributed by atoms with Crippen molar-refractivity contribution in [2.75, 3.05) is 13.1 Å². The second-order valence-electron chi connectivity index (χ2n) is 5.90. The van der Waals surface area contributed by atoms with Gasteiger partial charge in [0, 0.05) is 17.8 Å². The van der Waals surface area contributed by atoms with Crippen LogP contribution in [0, 0.1) is 11.8 Å². The van der Waals surface area contributed by atoms with Crippen molar-refractivity contribution in [2.24, 2.45) is 11.8 Å². The Bertz CT molecular complexity index is 402. The van der Waals surface area contributed by atoms with Gasteiger partial charge >= 0.3 is 0 Å². The molecule has 0 saturated heterocycles. The summed E-state index contributed by atoms with van der Waals surface area (Å²) in [4.78, 5) is 4.65. The van der Waals surface area contributed by atoms with E-state index >= 15 is 0 Å². The Morgan fingerprint density at radius 2 is 2.28 bits per heavy atom. The summed E-state index contributed by atoms with van der Waals surface area (Å²) < 4.78 is 0. The van der Waals surface area contributed by atoms with Crippen LogP contribution in [0.25, 0.3) is 0 Å². The van der Waals surface area contributed by atoms with Crippen LogP contribution in [-0.2, 0) is 6.42 Å². The molecule has 0 amide bonds. The van der Waals surface area contributed by atoms with Gasteiger partial charge in [-0.1, -0.05) is 13.0 Å². The first-order chi connectivity index (χ1) is 8.90. The van der Waals surface area contributed by atoms with Crippen molar-refractivity contribution >= 4 is 0 Å². The Hall–Kier alpha value is -0.890. The second kappa shape index (κ2) is 5.40. The van der Waals surface area contributed by atoms with E-state index in [4.69, 9.17) is 0 Å². The molecule has 2 nitrogen and oxygen atoms in total. The van der Waals surface area contributed by atoms with E-state index in [0.717, 1.165) is 17.8 Å². The van der Waals surface area contributed by atoms with Gasteiger partial charge in [0.05, 0.1) is 0 Å². The number of aromatic nitrogens is 1. The predicted octanol–water partition coefficient (Wildman–Crippen LogP) is 3.14. The lowest BCUT2D eigenvalue weighted by atomic mass is 9.66. The number of fused-ring (bicyclic) bond motifs is 1. The minimum absolute atomic E-state index is 0.753. The molecule has 1 heterocycles. The molecule has 0 radical (unpaired) electrons. The maximum atomic E-state index is 4.65. The zero-order valence-electron chi connectivity index (χ0n) is 11.4. The fourth-order valence-electron chi connectivity index (χ4n) is 3.70. The van der Waals surface area contributed by atoms with E-state index in [1.54, 1.807) is 0 Å². The highest BCUT2D eigenvalue weighted by atomic mass is 14.9. The summed E-state index contributed by atoms with van der Waals surface area (Å²) in [6.07, 6.45) is 8.63. The highest BCUT2D eigenvalue weighted by Gasteiger charge is 2.40. The smallest absolute Gasteiger partial charge is 0.0469 e. The van der Waals surface area contributed by atoms with Crippen molar-refractivity contribution < 1.29 is 0 Å².